The predicted octanol–water partition coefficient (Wildman–Crippen LogP) is 2.45. The van der Waals surface area contributed by atoms with Gasteiger partial charge in [-0.05, 0) is 11.6 Å². The smallest absolute Gasteiger partial charge is 0.225 e. The molecular formula is C11H12FNO. The second-order valence-electron chi connectivity index (χ2n) is 4.27. The van der Waals surface area contributed by atoms with E-state index in [0.29, 0.717) is 12.1 Å². The Morgan fingerprint density at radius 3 is 2.86 bits per heavy atom. The summed E-state index contributed by atoms with van der Waals surface area (Å²) in [6, 6.07) is 4.89. The Morgan fingerprint density at radius 1 is 1.43 bits per heavy atom. The Balaban J connectivity index is 2.63. The quantitative estimate of drug-likeness (QED) is 0.673. The topological polar surface area (TPSA) is 29.1 Å². The third-order valence-electron chi connectivity index (χ3n) is 2.61. The Hall–Kier alpha value is -1.38. The van der Waals surface area contributed by atoms with Gasteiger partial charge in [0.1, 0.15) is 5.82 Å². The maximum atomic E-state index is 13.4. The van der Waals surface area contributed by atoms with Crippen molar-refractivity contribution in [2.75, 3.05) is 5.32 Å². The highest BCUT2D eigenvalue weighted by atomic mass is 19.1. The van der Waals surface area contributed by atoms with Gasteiger partial charge in [-0.15, -0.1) is 0 Å². The molecule has 3 heteroatoms. The van der Waals surface area contributed by atoms with Crippen molar-refractivity contribution in [2.24, 2.45) is 0 Å². The molecule has 1 aromatic rings. The first-order valence-corrected chi connectivity index (χ1v) is 4.59. The van der Waals surface area contributed by atoms with Crippen LogP contribution in [0.25, 0.3) is 0 Å². The minimum absolute atomic E-state index is 0.118. The zero-order valence-electron chi connectivity index (χ0n) is 8.23. The van der Waals surface area contributed by atoms with Gasteiger partial charge in [0.15, 0.2) is 0 Å². The lowest BCUT2D eigenvalue weighted by Crippen LogP contribution is -2.33. The van der Waals surface area contributed by atoms with Crippen LogP contribution in [0.15, 0.2) is 18.2 Å². The van der Waals surface area contributed by atoms with Crippen molar-refractivity contribution in [2.45, 2.75) is 25.7 Å². The van der Waals surface area contributed by atoms with E-state index in [1.54, 1.807) is 6.07 Å². The third-order valence-corrected chi connectivity index (χ3v) is 2.61. The molecule has 0 aliphatic carbocycles. The summed E-state index contributed by atoms with van der Waals surface area (Å²) in [6.07, 6.45) is 0.406. The van der Waals surface area contributed by atoms with Gasteiger partial charge in [0.2, 0.25) is 5.91 Å². The normalized spacial score (nSPS) is 18.6. The molecule has 1 amide bonds. The average molecular weight is 193 g/mol. The van der Waals surface area contributed by atoms with Gasteiger partial charge >= 0.3 is 0 Å². The van der Waals surface area contributed by atoms with Crippen LogP contribution in [0.1, 0.15) is 25.8 Å². The second kappa shape index (κ2) is 2.80. The second-order valence-corrected chi connectivity index (χ2v) is 4.27. The Labute approximate surface area is 82.1 Å². The van der Waals surface area contributed by atoms with Crippen LogP contribution >= 0.6 is 0 Å². The van der Waals surface area contributed by atoms with Gasteiger partial charge in [0.25, 0.3) is 0 Å². The number of amides is 1. The van der Waals surface area contributed by atoms with Gasteiger partial charge in [0, 0.05) is 11.8 Å². The summed E-state index contributed by atoms with van der Waals surface area (Å²) in [6.45, 7) is 3.90. The van der Waals surface area contributed by atoms with Gasteiger partial charge in [-0.25, -0.2) is 4.39 Å². The summed E-state index contributed by atoms with van der Waals surface area (Å²) < 4.78 is 13.4. The highest BCUT2D eigenvalue weighted by molar-refractivity contribution is 5.95. The van der Waals surface area contributed by atoms with Crippen molar-refractivity contribution >= 4 is 11.6 Å². The molecule has 0 spiro atoms. The summed E-state index contributed by atoms with van der Waals surface area (Å²) in [5.74, 6) is -0.476. The first-order chi connectivity index (χ1) is 6.50. The van der Waals surface area contributed by atoms with Crippen molar-refractivity contribution in [1.82, 2.24) is 0 Å². The summed E-state index contributed by atoms with van der Waals surface area (Å²) >= 11 is 0. The van der Waals surface area contributed by atoms with E-state index in [-0.39, 0.29) is 17.1 Å². The van der Waals surface area contributed by atoms with Crippen LogP contribution in [0.3, 0.4) is 0 Å². The standard InChI is InChI=1S/C11H12FNO/c1-11(2)6-9(14)13-10-7(11)4-3-5-8(10)12/h3-5H,6H2,1-2H3,(H,13,14). The third kappa shape index (κ3) is 1.29. The number of carbonyl (C=O) groups is 1. The predicted molar refractivity (Wildman–Crippen MR) is 52.7 cm³/mol. The van der Waals surface area contributed by atoms with Gasteiger partial charge < -0.3 is 5.32 Å². The molecule has 0 aromatic heterocycles. The molecule has 1 aliphatic heterocycles. The molecule has 2 nitrogen and oxygen atoms in total. The number of rotatable bonds is 0. The van der Waals surface area contributed by atoms with Crippen molar-refractivity contribution in [3.05, 3.63) is 29.6 Å². The van der Waals surface area contributed by atoms with Crippen LogP contribution in [0.5, 0.6) is 0 Å². The lowest BCUT2D eigenvalue weighted by molar-refractivity contribution is -0.117. The lowest BCUT2D eigenvalue weighted by Gasteiger charge is -2.32. The number of halogens is 1. The van der Waals surface area contributed by atoms with Crippen LogP contribution in [-0.2, 0) is 10.2 Å². The molecule has 1 aromatic carbocycles. The van der Waals surface area contributed by atoms with E-state index in [1.165, 1.54) is 6.07 Å². The largest absolute Gasteiger partial charge is 0.323 e. The molecule has 0 radical (unpaired) electrons. The number of fused-ring (bicyclic) bond motifs is 1. The molecule has 14 heavy (non-hydrogen) atoms. The molecule has 0 atom stereocenters. The molecule has 0 fully saturated rings. The molecule has 0 saturated heterocycles. The summed E-state index contributed by atoms with van der Waals surface area (Å²) in [7, 11) is 0. The minimum atomic E-state index is -0.358. The first kappa shape index (κ1) is 9.19. The van der Waals surface area contributed by atoms with Crippen molar-refractivity contribution in [1.29, 1.82) is 0 Å². The van der Waals surface area contributed by atoms with Gasteiger partial charge in [-0.3, -0.25) is 4.79 Å². The van der Waals surface area contributed by atoms with E-state index in [0.717, 1.165) is 5.56 Å². The van der Waals surface area contributed by atoms with Gasteiger partial charge in [-0.1, -0.05) is 26.0 Å². The van der Waals surface area contributed by atoms with E-state index in [9.17, 15) is 9.18 Å². The summed E-state index contributed by atoms with van der Waals surface area (Å²) in [4.78, 5) is 11.3. The molecule has 2 rings (SSSR count). The highest BCUT2D eigenvalue weighted by Crippen LogP contribution is 2.37. The van der Waals surface area contributed by atoms with Crippen LogP contribution in [0, 0.1) is 5.82 Å². The van der Waals surface area contributed by atoms with Gasteiger partial charge in [-0.2, -0.15) is 0 Å². The van der Waals surface area contributed by atoms with Crippen LogP contribution in [-0.4, -0.2) is 5.91 Å². The zero-order valence-corrected chi connectivity index (χ0v) is 8.23. The number of carbonyl (C=O) groups excluding carboxylic acids is 1. The van der Waals surface area contributed by atoms with E-state index >= 15 is 0 Å². The minimum Gasteiger partial charge on any atom is -0.323 e. The van der Waals surface area contributed by atoms with E-state index in [1.807, 2.05) is 19.9 Å². The highest BCUT2D eigenvalue weighted by Gasteiger charge is 2.32. The van der Waals surface area contributed by atoms with Crippen molar-refractivity contribution in [3.63, 3.8) is 0 Å². The van der Waals surface area contributed by atoms with E-state index in [2.05, 4.69) is 5.32 Å². The molecule has 0 unspecified atom stereocenters. The number of hydrogen-bond acceptors (Lipinski definition) is 1. The summed E-state index contributed by atoms with van der Waals surface area (Å²) in [5, 5.41) is 2.57. The fraction of sp³-hybridized carbons (Fsp3) is 0.364. The lowest BCUT2D eigenvalue weighted by atomic mass is 9.78. The van der Waals surface area contributed by atoms with Gasteiger partial charge in [0.05, 0.1) is 5.69 Å². The van der Waals surface area contributed by atoms with E-state index < -0.39 is 0 Å². The van der Waals surface area contributed by atoms with Crippen molar-refractivity contribution in [3.8, 4) is 0 Å². The SMILES string of the molecule is CC1(C)CC(=O)Nc2c(F)cccc21. The molecule has 1 aliphatic rings. The molecule has 74 valence electrons. The Morgan fingerprint density at radius 2 is 2.14 bits per heavy atom. The number of hydrogen-bond donors (Lipinski definition) is 1. The Kier molecular flexibility index (Phi) is 1.84. The number of para-hydroxylation sites is 1. The molecule has 1 N–H and O–H groups in total. The molecule has 0 saturated carbocycles. The Bertz CT molecular complexity index is 398. The maximum absolute atomic E-state index is 13.4. The van der Waals surface area contributed by atoms with Crippen LogP contribution in [0.2, 0.25) is 0 Å². The fourth-order valence-corrected chi connectivity index (χ4v) is 1.90. The monoisotopic (exact) mass is 193 g/mol. The zero-order chi connectivity index (χ0) is 10.3. The summed E-state index contributed by atoms with van der Waals surface area (Å²) in [5.41, 5.74) is 0.936. The number of anilines is 1. The van der Waals surface area contributed by atoms with Crippen molar-refractivity contribution < 1.29 is 9.18 Å². The number of nitrogens with one attached hydrogen (secondary N) is 1. The first-order valence-electron chi connectivity index (χ1n) is 4.59. The van der Waals surface area contributed by atoms with Crippen LogP contribution in [0.4, 0.5) is 10.1 Å². The molecule has 0 bridgehead atoms. The number of benzene rings is 1. The molecule has 1 heterocycles. The molecular weight excluding hydrogens is 181 g/mol. The van der Waals surface area contributed by atoms with Crippen LogP contribution < -0.4 is 5.32 Å². The maximum Gasteiger partial charge on any atom is 0.225 e. The fourth-order valence-electron chi connectivity index (χ4n) is 1.90. The van der Waals surface area contributed by atoms with E-state index in [4.69, 9.17) is 0 Å². The average Bonchev–Trinajstić information content (AvgIpc) is 2.05.